The van der Waals surface area contributed by atoms with Crippen LogP contribution < -0.4 is 4.74 Å². The quantitative estimate of drug-likeness (QED) is 0.367. The van der Waals surface area contributed by atoms with Crippen LogP contribution in [0.25, 0.3) is 6.08 Å². The van der Waals surface area contributed by atoms with E-state index in [4.69, 9.17) is 28.6 Å². The molecule has 0 radical (unpaired) electrons. The van der Waals surface area contributed by atoms with Crippen LogP contribution in [-0.2, 0) is 16.2 Å². The first-order chi connectivity index (χ1) is 14.9. The number of hydrogen-bond acceptors (Lipinski definition) is 5. The Balaban J connectivity index is 1.73. The Kier molecular flexibility index (Phi) is 8.12. The molecular weight excluding hydrogens is 454 g/mol. The minimum atomic E-state index is -1.04. The summed E-state index contributed by atoms with van der Waals surface area (Å²) in [7, 11) is 0. The van der Waals surface area contributed by atoms with Crippen molar-refractivity contribution in [2.75, 3.05) is 0 Å². The van der Waals surface area contributed by atoms with Gasteiger partial charge in [0, 0.05) is 5.02 Å². The molecule has 1 fully saturated rings. The number of ether oxygens (including phenoxy) is 1. The van der Waals surface area contributed by atoms with Crippen LogP contribution in [0.4, 0.5) is 0 Å². The lowest BCUT2D eigenvalue weighted by Crippen LogP contribution is -2.43. The van der Waals surface area contributed by atoms with E-state index in [0.717, 1.165) is 29.3 Å². The molecule has 1 aliphatic rings. The second-order valence-electron chi connectivity index (χ2n) is 7.04. The maximum Gasteiger partial charge on any atom is 0.326 e. The van der Waals surface area contributed by atoms with Crippen LogP contribution >= 0.6 is 35.6 Å². The van der Waals surface area contributed by atoms with Gasteiger partial charge in [0.15, 0.2) is 0 Å². The van der Waals surface area contributed by atoms with Crippen LogP contribution in [0.15, 0.2) is 53.4 Å². The smallest absolute Gasteiger partial charge is 0.326 e. The summed E-state index contributed by atoms with van der Waals surface area (Å²) in [6, 6.07) is 13.8. The molecule has 2 aromatic rings. The van der Waals surface area contributed by atoms with Crippen molar-refractivity contribution in [2.24, 2.45) is 0 Å². The van der Waals surface area contributed by atoms with Crippen molar-refractivity contribution in [3.8, 4) is 5.75 Å². The van der Waals surface area contributed by atoms with E-state index in [0.29, 0.717) is 35.1 Å². The van der Waals surface area contributed by atoms with Gasteiger partial charge in [0.05, 0.1) is 4.91 Å². The molecule has 0 saturated carbocycles. The summed E-state index contributed by atoms with van der Waals surface area (Å²) in [4.78, 5) is 26.2. The summed E-state index contributed by atoms with van der Waals surface area (Å²) < 4.78 is 6.12. The third kappa shape index (κ3) is 6.09. The highest BCUT2D eigenvalue weighted by molar-refractivity contribution is 8.26. The Morgan fingerprint density at radius 3 is 2.71 bits per heavy atom. The maximum atomic E-state index is 12.9. The van der Waals surface area contributed by atoms with Gasteiger partial charge >= 0.3 is 5.97 Å². The molecule has 1 saturated heterocycles. The standard InChI is InChI=1S/C23H22ClNO4S2/c1-2-3-7-19(22(27)28)25-21(26)20(31-23(25)30)13-16-5-4-6-18(12-16)29-14-15-8-10-17(24)11-9-15/h4-6,8-13,19H,2-3,7,14H2,1H3,(H,27,28)/b20-13-/t19-/m0/s1. The predicted molar refractivity (Wildman–Crippen MR) is 128 cm³/mol. The monoisotopic (exact) mass is 475 g/mol. The first kappa shape index (κ1) is 23.3. The van der Waals surface area contributed by atoms with Crippen LogP contribution in [-0.4, -0.2) is 32.2 Å². The molecule has 5 nitrogen and oxygen atoms in total. The van der Waals surface area contributed by atoms with Crippen LogP contribution in [0.2, 0.25) is 5.02 Å². The lowest BCUT2D eigenvalue weighted by molar-refractivity contribution is -0.145. The highest BCUT2D eigenvalue weighted by Gasteiger charge is 2.40. The fraction of sp³-hybridized carbons (Fsp3) is 0.261. The van der Waals surface area contributed by atoms with Gasteiger partial charge in [0.1, 0.15) is 22.7 Å². The van der Waals surface area contributed by atoms with Gasteiger partial charge in [0.2, 0.25) is 0 Å². The van der Waals surface area contributed by atoms with Gasteiger partial charge in [-0.2, -0.15) is 0 Å². The average Bonchev–Trinajstić information content (AvgIpc) is 3.01. The Hall–Kier alpha value is -2.35. The molecule has 1 heterocycles. The molecule has 1 aliphatic heterocycles. The first-order valence-electron chi connectivity index (χ1n) is 9.86. The van der Waals surface area contributed by atoms with E-state index in [2.05, 4.69) is 0 Å². The number of thioether (sulfide) groups is 1. The molecule has 0 aromatic heterocycles. The van der Waals surface area contributed by atoms with E-state index in [1.165, 1.54) is 4.90 Å². The molecule has 1 N–H and O–H groups in total. The summed E-state index contributed by atoms with van der Waals surface area (Å²) in [6.45, 7) is 2.37. The van der Waals surface area contributed by atoms with Crippen molar-refractivity contribution in [1.29, 1.82) is 0 Å². The van der Waals surface area contributed by atoms with E-state index in [1.807, 2.05) is 55.5 Å². The number of thiocarbonyl (C=S) groups is 1. The summed E-state index contributed by atoms with van der Waals surface area (Å²) in [5, 5.41) is 10.2. The lowest BCUT2D eigenvalue weighted by atomic mass is 10.1. The Morgan fingerprint density at radius 2 is 2.03 bits per heavy atom. The van der Waals surface area contributed by atoms with Crippen LogP contribution in [0, 0.1) is 0 Å². The van der Waals surface area contributed by atoms with Crippen LogP contribution in [0.3, 0.4) is 0 Å². The number of halogens is 1. The van der Waals surface area contributed by atoms with E-state index >= 15 is 0 Å². The molecule has 162 valence electrons. The summed E-state index contributed by atoms with van der Waals surface area (Å²) in [6.07, 6.45) is 3.64. The molecule has 8 heteroatoms. The Labute approximate surface area is 196 Å². The Morgan fingerprint density at radius 1 is 1.29 bits per heavy atom. The number of carboxylic acid groups (broad SMARTS) is 1. The van der Waals surface area contributed by atoms with Gasteiger partial charge in [-0.3, -0.25) is 9.69 Å². The third-order valence-corrected chi connectivity index (χ3v) is 6.31. The zero-order chi connectivity index (χ0) is 22.4. The highest BCUT2D eigenvalue weighted by atomic mass is 35.5. The highest BCUT2D eigenvalue weighted by Crippen LogP contribution is 2.35. The molecule has 3 rings (SSSR count). The fourth-order valence-electron chi connectivity index (χ4n) is 3.10. The second-order valence-corrected chi connectivity index (χ2v) is 9.15. The number of hydrogen-bond donors (Lipinski definition) is 1. The normalized spacial score (nSPS) is 16.1. The number of carbonyl (C=O) groups is 2. The predicted octanol–water partition coefficient (Wildman–Crippen LogP) is 5.76. The zero-order valence-electron chi connectivity index (χ0n) is 16.9. The summed E-state index contributed by atoms with van der Waals surface area (Å²) in [5.41, 5.74) is 1.76. The SMILES string of the molecule is CCCC[C@@H](C(=O)O)N1C(=O)/C(=C/c2cccc(OCc3ccc(Cl)cc3)c2)SC1=S. The van der Waals surface area contributed by atoms with Gasteiger partial charge in [-0.15, -0.1) is 0 Å². The van der Waals surface area contributed by atoms with E-state index in [9.17, 15) is 14.7 Å². The number of carboxylic acids is 1. The molecular formula is C23H22ClNO4S2. The van der Waals surface area contributed by atoms with Crippen molar-refractivity contribution < 1.29 is 19.4 Å². The summed E-state index contributed by atoms with van der Waals surface area (Å²) >= 11 is 12.3. The number of nitrogens with zero attached hydrogens (tertiary/aromatic N) is 1. The maximum absolute atomic E-state index is 12.9. The number of benzene rings is 2. The molecule has 1 amide bonds. The largest absolute Gasteiger partial charge is 0.489 e. The molecule has 2 aromatic carbocycles. The molecule has 0 bridgehead atoms. The van der Waals surface area contributed by atoms with Crippen molar-refractivity contribution >= 4 is 57.9 Å². The van der Waals surface area contributed by atoms with Crippen molar-refractivity contribution in [1.82, 2.24) is 4.90 Å². The first-order valence-corrected chi connectivity index (χ1v) is 11.5. The number of carbonyl (C=O) groups excluding carboxylic acids is 1. The van der Waals surface area contributed by atoms with E-state index in [1.54, 1.807) is 6.08 Å². The van der Waals surface area contributed by atoms with Crippen LogP contribution in [0.1, 0.15) is 37.3 Å². The number of aliphatic carboxylic acids is 1. The number of amides is 1. The minimum Gasteiger partial charge on any atom is -0.489 e. The second kappa shape index (κ2) is 10.8. The van der Waals surface area contributed by atoms with Crippen molar-refractivity contribution in [3.05, 3.63) is 69.6 Å². The summed E-state index contributed by atoms with van der Waals surface area (Å²) in [5.74, 6) is -0.750. The van der Waals surface area contributed by atoms with Gasteiger partial charge in [-0.1, -0.05) is 79.6 Å². The van der Waals surface area contributed by atoms with E-state index in [-0.39, 0.29) is 10.2 Å². The van der Waals surface area contributed by atoms with E-state index < -0.39 is 12.0 Å². The van der Waals surface area contributed by atoms with Gasteiger partial charge < -0.3 is 9.84 Å². The molecule has 0 unspecified atom stereocenters. The van der Waals surface area contributed by atoms with Gasteiger partial charge in [-0.25, -0.2) is 4.79 Å². The minimum absolute atomic E-state index is 0.273. The number of unbranched alkanes of at least 4 members (excludes halogenated alkanes) is 1. The van der Waals surface area contributed by atoms with Gasteiger partial charge in [0.25, 0.3) is 5.91 Å². The average molecular weight is 476 g/mol. The zero-order valence-corrected chi connectivity index (χ0v) is 19.3. The third-order valence-electron chi connectivity index (χ3n) is 4.73. The topological polar surface area (TPSA) is 66.8 Å². The lowest BCUT2D eigenvalue weighted by Gasteiger charge is -2.22. The Bertz CT molecular complexity index is 1010. The number of rotatable bonds is 9. The van der Waals surface area contributed by atoms with Crippen LogP contribution in [0.5, 0.6) is 5.75 Å². The van der Waals surface area contributed by atoms with Crippen molar-refractivity contribution in [3.63, 3.8) is 0 Å². The fourth-order valence-corrected chi connectivity index (χ4v) is 4.58. The van der Waals surface area contributed by atoms with Crippen molar-refractivity contribution in [2.45, 2.75) is 38.8 Å². The molecule has 1 atom stereocenters. The molecule has 31 heavy (non-hydrogen) atoms. The van der Waals surface area contributed by atoms with Gasteiger partial charge in [-0.05, 0) is 47.9 Å². The molecule has 0 aliphatic carbocycles. The molecule has 0 spiro atoms.